The van der Waals surface area contributed by atoms with E-state index in [0.717, 1.165) is 11.3 Å². The largest absolute Gasteiger partial charge is 0.497 e. The first-order chi connectivity index (χ1) is 9.24. The molecule has 0 radical (unpaired) electrons. The summed E-state index contributed by atoms with van der Waals surface area (Å²) in [6.45, 7) is 0.606. The lowest BCUT2D eigenvalue weighted by molar-refractivity contribution is 0.399. The summed E-state index contributed by atoms with van der Waals surface area (Å²) in [7, 11) is 3.16. The van der Waals surface area contributed by atoms with Crippen LogP contribution in [-0.2, 0) is 6.54 Å². The van der Waals surface area contributed by atoms with E-state index in [4.69, 9.17) is 15.2 Å². The van der Waals surface area contributed by atoms with Gasteiger partial charge in [-0.15, -0.1) is 0 Å². The van der Waals surface area contributed by atoms with Crippen molar-refractivity contribution in [1.29, 1.82) is 0 Å². The fourth-order valence-electron chi connectivity index (χ4n) is 1.61. The number of aromatic nitrogens is 2. The molecule has 0 atom stereocenters. The van der Waals surface area contributed by atoms with Crippen molar-refractivity contribution in [3.8, 4) is 11.6 Å². The molecular weight excluding hydrogens is 244 g/mol. The van der Waals surface area contributed by atoms with Gasteiger partial charge in [-0.25, -0.2) is 4.98 Å². The molecular formula is C13H16N4O2. The second-order valence-corrected chi connectivity index (χ2v) is 3.85. The number of hydrogen-bond donors (Lipinski definition) is 2. The summed E-state index contributed by atoms with van der Waals surface area (Å²) in [5.74, 6) is 1.75. The van der Waals surface area contributed by atoms with Crippen molar-refractivity contribution < 1.29 is 9.47 Å². The van der Waals surface area contributed by atoms with Crippen LogP contribution in [0.4, 0.5) is 11.5 Å². The van der Waals surface area contributed by atoms with Crippen molar-refractivity contribution in [3.63, 3.8) is 0 Å². The molecule has 2 aromatic rings. The zero-order valence-corrected chi connectivity index (χ0v) is 10.9. The Morgan fingerprint density at radius 3 is 2.47 bits per heavy atom. The van der Waals surface area contributed by atoms with Crippen LogP contribution in [0.1, 0.15) is 5.56 Å². The number of nitrogens with two attached hydrogens (primary N) is 1. The molecule has 19 heavy (non-hydrogen) atoms. The Balaban J connectivity index is 2.05. The molecule has 0 bridgehead atoms. The van der Waals surface area contributed by atoms with E-state index in [0.29, 0.717) is 23.9 Å². The quantitative estimate of drug-likeness (QED) is 0.851. The van der Waals surface area contributed by atoms with Gasteiger partial charge in [0.05, 0.1) is 14.2 Å². The average Bonchev–Trinajstić information content (AvgIpc) is 2.47. The van der Waals surface area contributed by atoms with E-state index in [1.165, 1.54) is 13.4 Å². The van der Waals surface area contributed by atoms with Crippen molar-refractivity contribution in [2.45, 2.75) is 6.54 Å². The van der Waals surface area contributed by atoms with Gasteiger partial charge in [-0.2, -0.15) is 4.98 Å². The van der Waals surface area contributed by atoms with Crippen molar-refractivity contribution in [2.75, 3.05) is 25.3 Å². The number of rotatable bonds is 5. The Bertz CT molecular complexity index is 543. The third-order valence-corrected chi connectivity index (χ3v) is 2.66. The minimum absolute atomic E-state index is 0.368. The van der Waals surface area contributed by atoms with Crippen molar-refractivity contribution in [1.82, 2.24) is 9.97 Å². The summed E-state index contributed by atoms with van der Waals surface area (Å²) in [6.07, 6.45) is 1.41. The predicted molar refractivity (Wildman–Crippen MR) is 73.3 cm³/mol. The Kier molecular flexibility index (Phi) is 4.02. The highest BCUT2D eigenvalue weighted by Crippen LogP contribution is 2.24. The van der Waals surface area contributed by atoms with Crippen LogP contribution in [0, 0.1) is 0 Å². The fourth-order valence-corrected chi connectivity index (χ4v) is 1.61. The van der Waals surface area contributed by atoms with Gasteiger partial charge in [0.2, 0.25) is 5.88 Å². The Labute approximate surface area is 111 Å². The molecule has 0 unspecified atom stereocenters. The molecule has 3 N–H and O–H groups in total. The first-order valence-corrected chi connectivity index (χ1v) is 5.76. The maximum atomic E-state index is 5.87. The number of benzene rings is 1. The highest BCUT2D eigenvalue weighted by Gasteiger charge is 2.07. The van der Waals surface area contributed by atoms with Crippen LogP contribution in [0.2, 0.25) is 0 Å². The number of nitrogens with one attached hydrogen (secondary N) is 1. The number of methoxy groups -OCH3 is 2. The van der Waals surface area contributed by atoms with Gasteiger partial charge in [-0.1, -0.05) is 12.1 Å². The molecule has 1 aromatic heterocycles. The van der Waals surface area contributed by atoms with Gasteiger partial charge >= 0.3 is 0 Å². The lowest BCUT2D eigenvalue weighted by Crippen LogP contribution is -2.06. The minimum Gasteiger partial charge on any atom is -0.497 e. The van der Waals surface area contributed by atoms with Crippen molar-refractivity contribution in [3.05, 3.63) is 36.2 Å². The molecule has 0 aliphatic carbocycles. The van der Waals surface area contributed by atoms with Crippen LogP contribution < -0.4 is 20.5 Å². The number of nitrogens with zero attached hydrogens (tertiary/aromatic N) is 2. The van der Waals surface area contributed by atoms with Gasteiger partial charge in [0.25, 0.3) is 0 Å². The lowest BCUT2D eigenvalue weighted by Gasteiger charge is -2.10. The van der Waals surface area contributed by atoms with Gasteiger partial charge in [-0.05, 0) is 17.7 Å². The molecule has 1 heterocycles. The van der Waals surface area contributed by atoms with E-state index >= 15 is 0 Å². The summed E-state index contributed by atoms with van der Waals surface area (Å²) in [5, 5.41) is 3.14. The number of nitrogen functional groups attached to an aromatic ring is 1. The average molecular weight is 260 g/mol. The third-order valence-electron chi connectivity index (χ3n) is 2.66. The predicted octanol–water partition coefficient (Wildman–Crippen LogP) is 1.69. The van der Waals surface area contributed by atoms with Crippen LogP contribution in [0.25, 0.3) is 0 Å². The zero-order chi connectivity index (χ0) is 13.7. The molecule has 0 saturated carbocycles. The van der Waals surface area contributed by atoms with E-state index in [2.05, 4.69) is 15.3 Å². The summed E-state index contributed by atoms with van der Waals surface area (Å²) in [5.41, 5.74) is 7.37. The van der Waals surface area contributed by atoms with Crippen LogP contribution in [0.3, 0.4) is 0 Å². The van der Waals surface area contributed by atoms with Crippen LogP contribution >= 0.6 is 0 Å². The van der Waals surface area contributed by atoms with Crippen molar-refractivity contribution >= 4 is 11.5 Å². The molecule has 0 fully saturated rings. The summed E-state index contributed by atoms with van der Waals surface area (Å²) in [4.78, 5) is 8.00. The Hall–Kier alpha value is -2.50. The first-order valence-electron chi connectivity index (χ1n) is 5.76. The van der Waals surface area contributed by atoms with Gasteiger partial charge in [0, 0.05) is 6.54 Å². The van der Waals surface area contributed by atoms with Gasteiger partial charge in [0.15, 0.2) is 5.82 Å². The van der Waals surface area contributed by atoms with E-state index in [9.17, 15) is 0 Å². The smallest absolute Gasteiger partial charge is 0.242 e. The normalized spacial score (nSPS) is 10.0. The molecule has 0 amide bonds. The van der Waals surface area contributed by atoms with Crippen LogP contribution in [0.15, 0.2) is 30.6 Å². The molecule has 1 aromatic carbocycles. The number of hydrogen-bond acceptors (Lipinski definition) is 6. The highest BCUT2D eigenvalue weighted by molar-refractivity contribution is 5.66. The topological polar surface area (TPSA) is 82.3 Å². The molecule has 0 aliphatic rings. The summed E-state index contributed by atoms with van der Waals surface area (Å²) >= 11 is 0. The van der Waals surface area contributed by atoms with E-state index in [1.807, 2.05) is 24.3 Å². The Morgan fingerprint density at radius 2 is 1.84 bits per heavy atom. The first kappa shape index (κ1) is 12.9. The highest BCUT2D eigenvalue weighted by atomic mass is 16.5. The molecule has 6 nitrogen and oxygen atoms in total. The molecule has 0 aliphatic heterocycles. The van der Waals surface area contributed by atoms with E-state index < -0.39 is 0 Å². The minimum atomic E-state index is 0.368. The molecule has 2 rings (SSSR count). The second kappa shape index (κ2) is 5.90. The monoisotopic (exact) mass is 260 g/mol. The SMILES string of the molecule is COc1ccc(CNc2ncnc(OC)c2N)cc1. The zero-order valence-electron chi connectivity index (χ0n) is 10.9. The van der Waals surface area contributed by atoms with E-state index in [1.54, 1.807) is 7.11 Å². The summed E-state index contributed by atoms with van der Waals surface area (Å²) < 4.78 is 10.1. The van der Waals surface area contributed by atoms with Gasteiger partial charge in [-0.3, -0.25) is 0 Å². The molecule has 0 saturated heterocycles. The molecule has 100 valence electrons. The molecule has 0 spiro atoms. The Morgan fingerprint density at radius 1 is 1.11 bits per heavy atom. The maximum Gasteiger partial charge on any atom is 0.242 e. The standard InChI is InChI=1S/C13H16N4O2/c1-18-10-5-3-9(4-6-10)7-15-12-11(14)13(19-2)17-8-16-12/h3-6,8H,7,14H2,1-2H3,(H,15,16,17). The van der Waals surface area contributed by atoms with Crippen LogP contribution in [0.5, 0.6) is 11.6 Å². The lowest BCUT2D eigenvalue weighted by atomic mass is 10.2. The van der Waals surface area contributed by atoms with Gasteiger partial charge < -0.3 is 20.5 Å². The van der Waals surface area contributed by atoms with Gasteiger partial charge in [0.1, 0.15) is 17.8 Å². The number of anilines is 2. The van der Waals surface area contributed by atoms with E-state index in [-0.39, 0.29) is 0 Å². The number of ether oxygens (including phenoxy) is 2. The maximum absolute atomic E-state index is 5.87. The third kappa shape index (κ3) is 3.04. The van der Waals surface area contributed by atoms with Crippen molar-refractivity contribution in [2.24, 2.45) is 0 Å². The fraction of sp³-hybridized carbons (Fsp3) is 0.231. The second-order valence-electron chi connectivity index (χ2n) is 3.85. The summed E-state index contributed by atoms with van der Waals surface area (Å²) in [6, 6.07) is 7.75. The van der Waals surface area contributed by atoms with Crippen LogP contribution in [-0.4, -0.2) is 24.2 Å². The molecule has 6 heteroatoms.